The number of hydrogen-bond acceptors (Lipinski definition) is 5. The predicted molar refractivity (Wildman–Crippen MR) is 117 cm³/mol. The van der Waals surface area contributed by atoms with E-state index < -0.39 is 18.5 Å². The second kappa shape index (κ2) is 8.68. The molecule has 2 aromatic carbocycles. The number of benzene rings is 2. The van der Waals surface area contributed by atoms with Crippen LogP contribution in [0.1, 0.15) is 56.2 Å². The standard InChI is InChI=1S/C24H26N4O2/c1-5-13-26-20-11-10-17-18(20)7-6-8-19(17)23-27-24(30-28-23)16-9-12-22(29-15(2)3)21(14-16)25-4/h6-9,12,14-15,20,26H,5,10-11,13H2,1-3H3/t20-/m0/s1/i11D2,15D,20D. The maximum absolute atomic E-state index is 8.89. The minimum atomic E-state index is -1.81. The Bertz CT molecular complexity index is 1260. The summed E-state index contributed by atoms with van der Waals surface area (Å²) in [6.45, 7) is 13.1. The van der Waals surface area contributed by atoms with Gasteiger partial charge in [0.1, 0.15) is 5.75 Å². The Hall–Kier alpha value is -3.17. The number of ether oxygens (including phenoxy) is 1. The number of nitrogens with zero attached hydrogens (tertiary/aromatic N) is 3. The van der Waals surface area contributed by atoms with E-state index in [1.807, 2.05) is 6.92 Å². The van der Waals surface area contributed by atoms with Gasteiger partial charge >= 0.3 is 0 Å². The van der Waals surface area contributed by atoms with Crippen LogP contribution in [-0.4, -0.2) is 22.8 Å². The van der Waals surface area contributed by atoms with Gasteiger partial charge in [-0.2, -0.15) is 4.98 Å². The zero-order valence-electron chi connectivity index (χ0n) is 21.2. The quantitative estimate of drug-likeness (QED) is 0.508. The van der Waals surface area contributed by atoms with E-state index in [4.69, 9.17) is 21.3 Å². The SMILES string of the molecule is [2H]C(C)(C)Oc1ccc(-c2nc(-c3cccc4c3CC([2H])([2H])[C@]4([2H])NCCC)no2)cc1[N+]#[C-]. The molecule has 1 aliphatic rings. The van der Waals surface area contributed by atoms with Crippen molar-refractivity contribution in [2.24, 2.45) is 0 Å². The molecule has 1 heterocycles. The summed E-state index contributed by atoms with van der Waals surface area (Å²) in [7, 11) is 0. The van der Waals surface area contributed by atoms with E-state index in [1.54, 1.807) is 50.2 Å². The average Bonchev–Trinajstić information content (AvgIpc) is 3.33. The summed E-state index contributed by atoms with van der Waals surface area (Å²) in [6, 6.07) is 8.64. The van der Waals surface area contributed by atoms with Crippen molar-refractivity contribution in [2.75, 3.05) is 6.54 Å². The van der Waals surface area contributed by atoms with Gasteiger partial charge < -0.3 is 14.6 Å². The highest BCUT2D eigenvalue weighted by Gasteiger charge is 2.26. The van der Waals surface area contributed by atoms with Gasteiger partial charge in [0.15, 0.2) is 0 Å². The maximum atomic E-state index is 8.89. The van der Waals surface area contributed by atoms with Crippen molar-refractivity contribution >= 4 is 5.69 Å². The normalized spacial score (nSPS) is 21.7. The highest BCUT2D eigenvalue weighted by Crippen LogP contribution is 2.38. The lowest BCUT2D eigenvalue weighted by Gasteiger charge is -2.13. The Balaban J connectivity index is 1.71. The molecule has 1 aliphatic carbocycles. The average molecular weight is 407 g/mol. The number of aromatic nitrogens is 2. The molecule has 0 fully saturated rings. The summed E-state index contributed by atoms with van der Waals surface area (Å²) in [5.41, 5.74) is 2.63. The zero-order chi connectivity index (χ0) is 24.7. The van der Waals surface area contributed by atoms with Gasteiger partial charge in [0.25, 0.3) is 5.89 Å². The van der Waals surface area contributed by atoms with Crippen molar-refractivity contribution < 1.29 is 14.7 Å². The first kappa shape index (κ1) is 15.6. The molecule has 1 aromatic heterocycles. The molecule has 0 spiro atoms. The number of fused-ring (bicyclic) bond motifs is 1. The topological polar surface area (TPSA) is 64.5 Å². The second-order valence-electron chi connectivity index (χ2n) is 7.21. The molecule has 0 bridgehead atoms. The van der Waals surface area contributed by atoms with Crippen LogP contribution in [0, 0.1) is 6.57 Å². The van der Waals surface area contributed by atoms with Gasteiger partial charge in [-0.15, -0.1) is 0 Å². The molecule has 3 aromatic rings. The molecule has 1 atom stereocenters. The summed E-state index contributed by atoms with van der Waals surface area (Å²) < 4.78 is 44.9. The van der Waals surface area contributed by atoms with Crippen molar-refractivity contribution in [2.45, 2.75) is 52.1 Å². The summed E-state index contributed by atoms with van der Waals surface area (Å²) >= 11 is 0. The first-order valence-corrected chi connectivity index (χ1v) is 9.91. The first-order valence-electron chi connectivity index (χ1n) is 11.9. The van der Waals surface area contributed by atoms with Crippen molar-refractivity contribution in [3.05, 3.63) is 58.9 Å². The smallest absolute Gasteiger partial charge is 0.256 e. The largest absolute Gasteiger partial charge is 0.502 e. The lowest BCUT2D eigenvalue weighted by Crippen LogP contribution is -2.19. The van der Waals surface area contributed by atoms with Crippen LogP contribution >= 0.6 is 0 Å². The monoisotopic (exact) mass is 406 g/mol. The Morgan fingerprint density at radius 3 is 3.07 bits per heavy atom. The van der Waals surface area contributed by atoms with Gasteiger partial charge in [-0.05, 0) is 68.9 Å². The van der Waals surface area contributed by atoms with Crippen LogP contribution in [0.15, 0.2) is 40.9 Å². The van der Waals surface area contributed by atoms with Crippen LogP contribution in [0.2, 0.25) is 0 Å². The molecule has 0 amide bonds. The highest BCUT2D eigenvalue weighted by molar-refractivity contribution is 5.70. The molecular formula is C24H26N4O2. The van der Waals surface area contributed by atoms with E-state index in [9.17, 15) is 0 Å². The van der Waals surface area contributed by atoms with E-state index in [-0.39, 0.29) is 18.0 Å². The molecular weight excluding hydrogens is 376 g/mol. The van der Waals surface area contributed by atoms with E-state index in [2.05, 4.69) is 20.3 Å². The van der Waals surface area contributed by atoms with Gasteiger partial charge in [-0.1, -0.05) is 30.3 Å². The minimum Gasteiger partial charge on any atom is -0.502 e. The second-order valence-corrected chi connectivity index (χ2v) is 7.21. The van der Waals surface area contributed by atoms with Gasteiger partial charge in [0, 0.05) is 19.9 Å². The lowest BCUT2D eigenvalue weighted by atomic mass is 10.0. The molecule has 1 N–H and O–H groups in total. The van der Waals surface area contributed by atoms with E-state index in [0.29, 0.717) is 40.4 Å². The molecule has 4 rings (SSSR count). The summed E-state index contributed by atoms with van der Waals surface area (Å²) in [5, 5.41) is 7.18. The fourth-order valence-corrected chi connectivity index (χ4v) is 3.39. The third-order valence-electron chi connectivity index (χ3n) is 4.75. The Labute approximate surface area is 182 Å². The zero-order valence-corrected chi connectivity index (χ0v) is 17.2. The van der Waals surface area contributed by atoms with Crippen LogP contribution in [0.25, 0.3) is 27.7 Å². The molecule has 0 unspecified atom stereocenters. The van der Waals surface area contributed by atoms with Crippen molar-refractivity contribution in [3.8, 4) is 28.6 Å². The molecule has 0 radical (unpaired) electrons. The molecule has 0 aliphatic heterocycles. The third-order valence-corrected chi connectivity index (χ3v) is 4.75. The highest BCUT2D eigenvalue weighted by atomic mass is 16.5. The van der Waals surface area contributed by atoms with Crippen LogP contribution in [0.4, 0.5) is 5.69 Å². The maximum Gasteiger partial charge on any atom is 0.256 e. The van der Waals surface area contributed by atoms with Gasteiger partial charge in [-0.25, -0.2) is 4.85 Å². The molecule has 0 saturated carbocycles. The van der Waals surface area contributed by atoms with Crippen LogP contribution in [0.3, 0.4) is 0 Å². The van der Waals surface area contributed by atoms with Crippen molar-refractivity contribution in [3.63, 3.8) is 0 Å². The van der Waals surface area contributed by atoms with Gasteiger partial charge in [-0.3, -0.25) is 0 Å². The summed E-state index contributed by atoms with van der Waals surface area (Å²) in [6.07, 6.45) is -2.15. The van der Waals surface area contributed by atoms with Crippen LogP contribution in [0.5, 0.6) is 5.75 Å². The Kier molecular flexibility index (Phi) is 4.53. The lowest BCUT2D eigenvalue weighted by molar-refractivity contribution is 0.244. The number of rotatable bonds is 7. The Morgan fingerprint density at radius 2 is 2.30 bits per heavy atom. The number of hydrogen-bond donors (Lipinski definition) is 1. The fraction of sp³-hybridized carbons (Fsp3) is 0.375. The van der Waals surface area contributed by atoms with Gasteiger partial charge in [0.05, 0.1) is 15.4 Å². The van der Waals surface area contributed by atoms with E-state index in [0.717, 1.165) is 6.42 Å². The summed E-state index contributed by atoms with van der Waals surface area (Å²) in [5.74, 6) is 0.795. The molecule has 6 nitrogen and oxygen atoms in total. The molecule has 6 heteroatoms. The molecule has 30 heavy (non-hydrogen) atoms. The third kappa shape index (κ3) is 3.94. The molecule has 154 valence electrons. The first-order chi connectivity index (χ1) is 16.0. The summed E-state index contributed by atoms with van der Waals surface area (Å²) in [4.78, 5) is 7.99. The fourth-order valence-electron chi connectivity index (χ4n) is 3.39. The molecule has 0 saturated heterocycles. The van der Waals surface area contributed by atoms with Crippen LogP contribution in [-0.2, 0) is 6.42 Å². The van der Waals surface area contributed by atoms with E-state index in [1.165, 1.54) is 0 Å². The predicted octanol–water partition coefficient (Wildman–Crippen LogP) is 5.73. The van der Waals surface area contributed by atoms with Crippen LogP contribution < -0.4 is 10.1 Å². The Morgan fingerprint density at radius 1 is 1.43 bits per heavy atom. The minimum absolute atomic E-state index is 0.0550. The van der Waals surface area contributed by atoms with Crippen molar-refractivity contribution in [1.29, 1.82) is 0 Å². The van der Waals surface area contributed by atoms with Crippen molar-refractivity contribution in [1.82, 2.24) is 15.5 Å². The van der Waals surface area contributed by atoms with Gasteiger partial charge in [0.2, 0.25) is 11.5 Å². The number of nitrogens with one attached hydrogen (secondary N) is 1. The van der Waals surface area contributed by atoms with E-state index >= 15 is 0 Å².